The Morgan fingerprint density at radius 2 is 2.00 bits per heavy atom. The van der Waals surface area contributed by atoms with E-state index in [0.717, 1.165) is 25.7 Å². The molecule has 1 amide bonds. The molecule has 0 aliphatic carbocycles. The largest absolute Gasteiger partial charge is 0.304 e. The fraction of sp³-hybridized carbons (Fsp3) is 0.500. The second-order valence-electron chi connectivity index (χ2n) is 5.44. The van der Waals surface area contributed by atoms with Crippen molar-refractivity contribution in [2.24, 2.45) is 5.92 Å². The number of rotatable bonds is 6. The highest BCUT2D eigenvalue weighted by atomic mass is 35.5. The predicted molar refractivity (Wildman–Crippen MR) is 81.4 cm³/mol. The van der Waals surface area contributed by atoms with Gasteiger partial charge in [-0.15, -0.1) is 0 Å². The monoisotopic (exact) mass is 311 g/mol. The highest BCUT2D eigenvalue weighted by Gasteiger charge is 2.37. The third kappa shape index (κ3) is 3.10. The molecule has 1 unspecified atom stereocenters. The van der Waals surface area contributed by atoms with Crippen LogP contribution in [0.25, 0.3) is 0 Å². The van der Waals surface area contributed by atoms with Gasteiger partial charge in [-0.1, -0.05) is 44.7 Å². The van der Waals surface area contributed by atoms with Crippen LogP contribution in [0.5, 0.6) is 0 Å². The smallest absolute Gasteiger partial charge is 0.299 e. The molecular formula is C16H19ClFNO2. The molecule has 1 aromatic carbocycles. The summed E-state index contributed by atoms with van der Waals surface area (Å²) in [4.78, 5) is 25.5. The maximum atomic E-state index is 13.6. The fourth-order valence-corrected chi connectivity index (χ4v) is 2.81. The van der Waals surface area contributed by atoms with Gasteiger partial charge < -0.3 is 4.90 Å². The van der Waals surface area contributed by atoms with Crippen LogP contribution in [0.1, 0.15) is 49.9 Å². The molecule has 1 aliphatic rings. The molecule has 1 aromatic rings. The molecule has 0 fully saturated rings. The van der Waals surface area contributed by atoms with E-state index in [4.69, 9.17) is 11.6 Å². The Kier molecular flexibility index (Phi) is 4.99. The van der Waals surface area contributed by atoms with Crippen molar-refractivity contribution in [2.75, 3.05) is 11.4 Å². The van der Waals surface area contributed by atoms with E-state index in [1.807, 2.05) is 0 Å². The van der Waals surface area contributed by atoms with Crippen LogP contribution in [0.3, 0.4) is 0 Å². The van der Waals surface area contributed by atoms with Gasteiger partial charge in [0.15, 0.2) is 0 Å². The summed E-state index contributed by atoms with van der Waals surface area (Å²) in [5, 5.41) is -0.130. The average Bonchev–Trinajstić information content (AvgIpc) is 2.69. The van der Waals surface area contributed by atoms with E-state index in [0.29, 0.717) is 18.2 Å². The number of ketones is 1. The number of carbonyl (C=O) groups excluding carboxylic acids is 2. The third-order valence-corrected chi connectivity index (χ3v) is 4.29. The summed E-state index contributed by atoms with van der Waals surface area (Å²) in [7, 11) is 0. The van der Waals surface area contributed by atoms with Crippen molar-refractivity contribution in [1.82, 2.24) is 0 Å². The minimum absolute atomic E-state index is 0.130. The first-order chi connectivity index (χ1) is 9.99. The molecule has 21 heavy (non-hydrogen) atoms. The summed E-state index contributed by atoms with van der Waals surface area (Å²) >= 11 is 5.70. The number of hydrogen-bond acceptors (Lipinski definition) is 2. The molecule has 0 bridgehead atoms. The van der Waals surface area contributed by atoms with Crippen LogP contribution in [-0.2, 0) is 4.79 Å². The predicted octanol–water partition coefficient (Wildman–Crippen LogP) is 4.22. The van der Waals surface area contributed by atoms with Crippen LogP contribution in [0.15, 0.2) is 12.1 Å². The topological polar surface area (TPSA) is 37.4 Å². The first-order valence-electron chi connectivity index (χ1n) is 7.34. The van der Waals surface area contributed by atoms with Gasteiger partial charge in [-0.2, -0.15) is 0 Å². The van der Waals surface area contributed by atoms with E-state index in [1.54, 1.807) is 0 Å². The average molecular weight is 312 g/mol. The van der Waals surface area contributed by atoms with Crippen molar-refractivity contribution in [1.29, 1.82) is 0 Å². The summed E-state index contributed by atoms with van der Waals surface area (Å²) in [6.45, 7) is 4.63. The SMILES string of the molecule is CCCCC(CC)CN1C(=O)C(=O)c2cc(Cl)c(F)cc21. The molecular weight excluding hydrogens is 293 g/mol. The van der Waals surface area contributed by atoms with E-state index < -0.39 is 17.5 Å². The lowest BCUT2D eigenvalue weighted by atomic mass is 9.98. The Morgan fingerprint density at radius 3 is 2.62 bits per heavy atom. The minimum atomic E-state index is -0.607. The molecule has 0 radical (unpaired) electrons. The number of Topliss-reactive ketones (excluding diaryl/α,β-unsaturated/α-hetero) is 1. The van der Waals surface area contributed by atoms with Crippen LogP contribution in [0.4, 0.5) is 10.1 Å². The van der Waals surface area contributed by atoms with E-state index in [2.05, 4.69) is 13.8 Å². The van der Waals surface area contributed by atoms with Crippen molar-refractivity contribution < 1.29 is 14.0 Å². The molecule has 2 rings (SSSR count). The number of hydrogen-bond donors (Lipinski definition) is 0. The Morgan fingerprint density at radius 1 is 1.29 bits per heavy atom. The van der Waals surface area contributed by atoms with Crippen LogP contribution in [-0.4, -0.2) is 18.2 Å². The lowest BCUT2D eigenvalue weighted by Crippen LogP contribution is -2.34. The lowest BCUT2D eigenvalue weighted by molar-refractivity contribution is -0.114. The molecule has 0 N–H and O–H groups in total. The molecule has 5 heteroatoms. The van der Waals surface area contributed by atoms with Gasteiger partial charge in [0.2, 0.25) is 0 Å². The van der Waals surface area contributed by atoms with Crippen LogP contribution in [0.2, 0.25) is 5.02 Å². The summed E-state index contributed by atoms with van der Waals surface area (Å²) in [5.41, 5.74) is 0.554. The lowest BCUT2D eigenvalue weighted by Gasteiger charge is -2.23. The molecule has 0 saturated heterocycles. The first kappa shape index (κ1) is 16.0. The quantitative estimate of drug-likeness (QED) is 0.737. The van der Waals surface area contributed by atoms with Gasteiger partial charge in [0.05, 0.1) is 16.3 Å². The molecule has 0 spiro atoms. The zero-order valence-corrected chi connectivity index (χ0v) is 13.0. The number of benzene rings is 1. The molecule has 1 atom stereocenters. The summed E-state index contributed by atoms with van der Waals surface area (Å²) in [6, 6.07) is 2.44. The van der Waals surface area contributed by atoms with Crippen LogP contribution < -0.4 is 4.90 Å². The van der Waals surface area contributed by atoms with Crippen molar-refractivity contribution in [3.8, 4) is 0 Å². The van der Waals surface area contributed by atoms with Crippen molar-refractivity contribution in [3.05, 3.63) is 28.5 Å². The van der Waals surface area contributed by atoms with Gasteiger partial charge in [-0.05, 0) is 24.5 Å². The van der Waals surface area contributed by atoms with E-state index in [9.17, 15) is 14.0 Å². The number of amides is 1. The second kappa shape index (κ2) is 6.56. The molecule has 1 heterocycles. The van der Waals surface area contributed by atoms with Crippen LogP contribution >= 0.6 is 11.6 Å². The van der Waals surface area contributed by atoms with Crippen molar-refractivity contribution in [3.63, 3.8) is 0 Å². The number of anilines is 1. The standard InChI is InChI=1S/C16H19ClFNO2/c1-3-5-6-10(4-2)9-19-14-8-13(18)12(17)7-11(14)15(20)16(19)21/h7-8,10H,3-6,9H2,1-2H3. The Bertz CT molecular complexity index is 574. The molecule has 1 aliphatic heterocycles. The van der Waals surface area contributed by atoms with Gasteiger partial charge in [-0.3, -0.25) is 9.59 Å². The normalized spacial score (nSPS) is 15.5. The maximum Gasteiger partial charge on any atom is 0.299 e. The number of unbranched alkanes of at least 4 members (excludes halogenated alkanes) is 1. The van der Waals surface area contributed by atoms with Crippen molar-refractivity contribution >= 4 is 29.0 Å². The number of carbonyl (C=O) groups is 2. The van der Waals surface area contributed by atoms with Crippen LogP contribution in [0, 0.1) is 11.7 Å². The van der Waals surface area contributed by atoms with Gasteiger partial charge in [0, 0.05) is 6.54 Å². The summed E-state index contributed by atoms with van der Waals surface area (Å²) in [5.74, 6) is -1.48. The zero-order chi connectivity index (χ0) is 15.6. The van der Waals surface area contributed by atoms with Gasteiger partial charge in [-0.25, -0.2) is 4.39 Å². The van der Waals surface area contributed by atoms with E-state index in [-0.39, 0.29) is 10.6 Å². The minimum Gasteiger partial charge on any atom is -0.304 e. The third-order valence-electron chi connectivity index (χ3n) is 4.00. The van der Waals surface area contributed by atoms with E-state index in [1.165, 1.54) is 17.0 Å². The molecule has 114 valence electrons. The Hall–Kier alpha value is -1.42. The highest BCUT2D eigenvalue weighted by molar-refractivity contribution is 6.52. The van der Waals surface area contributed by atoms with Gasteiger partial charge in [0.25, 0.3) is 11.7 Å². The molecule has 3 nitrogen and oxygen atoms in total. The number of fused-ring (bicyclic) bond motifs is 1. The Labute approximate surface area is 129 Å². The number of nitrogens with zero attached hydrogens (tertiary/aromatic N) is 1. The van der Waals surface area contributed by atoms with Gasteiger partial charge >= 0.3 is 0 Å². The molecule has 0 aromatic heterocycles. The summed E-state index contributed by atoms with van der Waals surface area (Å²) < 4.78 is 13.6. The number of halogens is 2. The van der Waals surface area contributed by atoms with E-state index >= 15 is 0 Å². The first-order valence-corrected chi connectivity index (χ1v) is 7.72. The maximum absolute atomic E-state index is 13.6. The summed E-state index contributed by atoms with van der Waals surface area (Å²) in [6.07, 6.45) is 4.08. The highest BCUT2D eigenvalue weighted by Crippen LogP contribution is 2.34. The second-order valence-corrected chi connectivity index (χ2v) is 5.85. The zero-order valence-electron chi connectivity index (χ0n) is 12.3. The van der Waals surface area contributed by atoms with Crippen molar-refractivity contribution in [2.45, 2.75) is 39.5 Å². The Balaban J connectivity index is 2.27. The molecule has 0 saturated carbocycles. The fourth-order valence-electron chi connectivity index (χ4n) is 2.65. The van der Waals surface area contributed by atoms with Gasteiger partial charge in [0.1, 0.15) is 5.82 Å².